The van der Waals surface area contributed by atoms with Gasteiger partial charge in [0.25, 0.3) is 0 Å². The minimum atomic E-state index is 0.0491. The Balaban J connectivity index is 1.83. The molecule has 1 aromatic rings. The van der Waals surface area contributed by atoms with Gasteiger partial charge in [-0.1, -0.05) is 12.1 Å². The maximum absolute atomic E-state index is 11.9. The second-order valence-corrected chi connectivity index (χ2v) is 6.13. The first-order valence-electron chi connectivity index (χ1n) is 8.94. The number of hydrogen-bond acceptors (Lipinski definition) is 4. The molecule has 1 aliphatic heterocycles. The lowest BCUT2D eigenvalue weighted by Gasteiger charge is -2.17. The molecule has 1 N–H and O–H groups in total. The van der Waals surface area contributed by atoms with Crippen LogP contribution in [0.25, 0.3) is 0 Å². The molecule has 0 atom stereocenters. The highest BCUT2D eigenvalue weighted by Gasteiger charge is 2.17. The fourth-order valence-electron chi connectivity index (χ4n) is 2.76. The van der Waals surface area contributed by atoms with Crippen LogP contribution in [0.1, 0.15) is 37.8 Å². The molecule has 0 saturated carbocycles. The average molecular weight is 348 g/mol. The van der Waals surface area contributed by atoms with Gasteiger partial charge in [0.15, 0.2) is 0 Å². The number of amides is 2. The first-order chi connectivity index (χ1) is 12.1. The van der Waals surface area contributed by atoms with Crippen LogP contribution in [-0.4, -0.2) is 49.6 Å². The normalized spacial score (nSPS) is 13.6. The van der Waals surface area contributed by atoms with Gasteiger partial charge in [0, 0.05) is 45.2 Å². The van der Waals surface area contributed by atoms with E-state index in [2.05, 4.69) is 5.32 Å². The SMILES string of the molecule is CCOCCCNC(=O)CCc1ccc2c(c1)CN(C(C)=O)CCO2. The van der Waals surface area contributed by atoms with E-state index in [9.17, 15) is 9.59 Å². The molecule has 0 bridgehead atoms. The van der Waals surface area contributed by atoms with Crippen LogP contribution in [0, 0.1) is 0 Å². The van der Waals surface area contributed by atoms with Crippen molar-refractivity contribution in [3.63, 3.8) is 0 Å². The lowest BCUT2D eigenvalue weighted by molar-refractivity contribution is -0.129. The van der Waals surface area contributed by atoms with Crippen molar-refractivity contribution in [3.8, 4) is 5.75 Å². The largest absolute Gasteiger partial charge is 0.491 e. The summed E-state index contributed by atoms with van der Waals surface area (Å²) >= 11 is 0. The van der Waals surface area contributed by atoms with Gasteiger partial charge in [0.05, 0.1) is 6.54 Å². The van der Waals surface area contributed by atoms with Crippen LogP contribution < -0.4 is 10.1 Å². The number of nitrogens with one attached hydrogen (secondary N) is 1. The molecule has 6 heteroatoms. The third-order valence-electron chi connectivity index (χ3n) is 4.18. The van der Waals surface area contributed by atoms with Gasteiger partial charge in [-0.2, -0.15) is 0 Å². The van der Waals surface area contributed by atoms with Crippen molar-refractivity contribution in [1.82, 2.24) is 10.2 Å². The average Bonchev–Trinajstić information content (AvgIpc) is 2.81. The van der Waals surface area contributed by atoms with Gasteiger partial charge >= 0.3 is 0 Å². The van der Waals surface area contributed by atoms with Crippen molar-refractivity contribution in [1.29, 1.82) is 0 Å². The second-order valence-electron chi connectivity index (χ2n) is 6.13. The Kier molecular flexibility index (Phi) is 7.73. The Bertz CT molecular complexity index is 589. The lowest BCUT2D eigenvalue weighted by Crippen LogP contribution is -2.30. The first kappa shape index (κ1) is 19.2. The molecule has 0 spiro atoms. The molecule has 1 heterocycles. The van der Waals surface area contributed by atoms with E-state index in [0.29, 0.717) is 52.3 Å². The molecular weight excluding hydrogens is 320 g/mol. The smallest absolute Gasteiger partial charge is 0.220 e. The summed E-state index contributed by atoms with van der Waals surface area (Å²) in [4.78, 5) is 25.3. The van der Waals surface area contributed by atoms with Crippen LogP contribution in [0.5, 0.6) is 5.75 Å². The van der Waals surface area contributed by atoms with Crippen molar-refractivity contribution in [2.45, 2.75) is 39.7 Å². The van der Waals surface area contributed by atoms with Gasteiger partial charge in [-0.15, -0.1) is 0 Å². The highest BCUT2D eigenvalue weighted by Crippen LogP contribution is 2.25. The molecule has 25 heavy (non-hydrogen) atoms. The molecule has 1 aromatic carbocycles. The standard InChI is InChI=1S/C19H28N2O4/c1-3-24-11-4-9-20-19(23)8-6-16-5-7-18-17(13-16)14-21(15(2)22)10-12-25-18/h5,7,13H,3-4,6,8-12,14H2,1-2H3,(H,20,23). The number of hydrogen-bond donors (Lipinski definition) is 1. The zero-order valence-electron chi connectivity index (χ0n) is 15.2. The number of aryl methyl sites for hydroxylation is 1. The van der Waals surface area contributed by atoms with Gasteiger partial charge in [0.2, 0.25) is 11.8 Å². The Labute approximate surface area is 149 Å². The maximum Gasteiger partial charge on any atom is 0.220 e. The fourth-order valence-corrected chi connectivity index (χ4v) is 2.76. The van der Waals surface area contributed by atoms with Crippen molar-refractivity contribution in [2.75, 3.05) is 32.9 Å². The quantitative estimate of drug-likeness (QED) is 0.729. The molecular formula is C19H28N2O4. The summed E-state index contributed by atoms with van der Waals surface area (Å²) in [7, 11) is 0. The summed E-state index contributed by atoms with van der Waals surface area (Å²) in [6, 6.07) is 5.97. The van der Waals surface area contributed by atoms with Gasteiger partial charge in [-0.25, -0.2) is 0 Å². The van der Waals surface area contributed by atoms with Gasteiger partial charge in [-0.3, -0.25) is 9.59 Å². The van der Waals surface area contributed by atoms with E-state index >= 15 is 0 Å². The lowest BCUT2D eigenvalue weighted by atomic mass is 10.0. The molecule has 2 amide bonds. The minimum Gasteiger partial charge on any atom is -0.491 e. The van der Waals surface area contributed by atoms with E-state index < -0.39 is 0 Å². The summed E-state index contributed by atoms with van der Waals surface area (Å²) < 4.78 is 11.0. The maximum atomic E-state index is 11.9. The third-order valence-corrected chi connectivity index (χ3v) is 4.18. The van der Waals surface area contributed by atoms with Crippen LogP contribution in [0.3, 0.4) is 0 Å². The van der Waals surface area contributed by atoms with E-state index in [-0.39, 0.29) is 11.8 Å². The summed E-state index contributed by atoms with van der Waals surface area (Å²) in [5.74, 6) is 0.925. The summed E-state index contributed by atoms with van der Waals surface area (Å²) in [6.45, 7) is 7.22. The molecule has 6 nitrogen and oxygen atoms in total. The number of nitrogens with zero attached hydrogens (tertiary/aromatic N) is 1. The number of fused-ring (bicyclic) bond motifs is 1. The molecule has 0 radical (unpaired) electrons. The molecule has 0 aromatic heterocycles. The monoisotopic (exact) mass is 348 g/mol. The zero-order chi connectivity index (χ0) is 18.1. The van der Waals surface area contributed by atoms with Gasteiger partial charge < -0.3 is 19.7 Å². The molecule has 138 valence electrons. The first-order valence-corrected chi connectivity index (χ1v) is 8.94. The summed E-state index contributed by atoms with van der Waals surface area (Å²) in [6.07, 6.45) is 1.95. The molecule has 1 aliphatic rings. The number of carbonyl (C=O) groups excluding carboxylic acids is 2. The number of carbonyl (C=O) groups is 2. The van der Waals surface area contributed by atoms with Gasteiger partial charge in [0.1, 0.15) is 12.4 Å². The predicted octanol–water partition coefficient (Wildman–Crippen LogP) is 1.90. The van der Waals surface area contributed by atoms with E-state index in [1.54, 1.807) is 11.8 Å². The van der Waals surface area contributed by atoms with Crippen LogP contribution in [0.4, 0.5) is 0 Å². The molecule has 0 fully saturated rings. The van der Waals surface area contributed by atoms with Crippen LogP contribution in [0.2, 0.25) is 0 Å². The third kappa shape index (κ3) is 6.38. The highest BCUT2D eigenvalue weighted by molar-refractivity contribution is 5.76. The van der Waals surface area contributed by atoms with Crippen LogP contribution in [0.15, 0.2) is 18.2 Å². The molecule has 0 unspecified atom stereocenters. The Morgan fingerprint density at radius 3 is 2.96 bits per heavy atom. The van der Waals surface area contributed by atoms with E-state index in [1.165, 1.54) is 0 Å². The van der Waals surface area contributed by atoms with Crippen LogP contribution >= 0.6 is 0 Å². The topological polar surface area (TPSA) is 67.9 Å². The fraction of sp³-hybridized carbons (Fsp3) is 0.579. The Hall–Kier alpha value is -2.08. The van der Waals surface area contributed by atoms with Crippen LogP contribution in [-0.2, 0) is 27.3 Å². The molecule has 0 saturated heterocycles. The van der Waals surface area contributed by atoms with E-state index in [1.807, 2.05) is 25.1 Å². The number of ether oxygens (including phenoxy) is 2. The van der Waals surface area contributed by atoms with Crippen molar-refractivity contribution >= 4 is 11.8 Å². The summed E-state index contributed by atoms with van der Waals surface area (Å²) in [5.41, 5.74) is 2.08. The minimum absolute atomic E-state index is 0.0491. The zero-order valence-corrected chi connectivity index (χ0v) is 15.2. The Morgan fingerprint density at radius 2 is 2.20 bits per heavy atom. The van der Waals surface area contributed by atoms with E-state index in [0.717, 1.165) is 23.3 Å². The number of rotatable bonds is 8. The molecule has 2 rings (SSSR count). The number of benzene rings is 1. The van der Waals surface area contributed by atoms with Gasteiger partial charge in [-0.05, 0) is 31.4 Å². The van der Waals surface area contributed by atoms with Crippen molar-refractivity contribution in [2.24, 2.45) is 0 Å². The summed E-state index contributed by atoms with van der Waals surface area (Å²) in [5, 5.41) is 2.91. The second kappa shape index (κ2) is 10.0. The van der Waals surface area contributed by atoms with Crippen molar-refractivity contribution < 1.29 is 19.1 Å². The Morgan fingerprint density at radius 1 is 1.36 bits per heavy atom. The predicted molar refractivity (Wildman–Crippen MR) is 95.5 cm³/mol. The molecule has 0 aliphatic carbocycles. The van der Waals surface area contributed by atoms with E-state index in [4.69, 9.17) is 9.47 Å². The van der Waals surface area contributed by atoms with Crippen molar-refractivity contribution in [3.05, 3.63) is 29.3 Å². The highest BCUT2D eigenvalue weighted by atomic mass is 16.5.